The summed E-state index contributed by atoms with van der Waals surface area (Å²) >= 11 is 0. The van der Waals surface area contributed by atoms with Gasteiger partial charge in [-0.2, -0.15) is 21.6 Å². The van der Waals surface area contributed by atoms with Crippen molar-refractivity contribution in [1.29, 1.82) is 0 Å². The SMILES string of the molecule is C[C@@H](OS(C)(=O)=O)c1cccc(C(F)(F)F)c1. The lowest BCUT2D eigenvalue weighted by atomic mass is 10.1. The molecular formula is C10H11F3O3S. The Hall–Kier alpha value is -1.08. The average Bonchev–Trinajstić information content (AvgIpc) is 2.14. The molecule has 0 saturated heterocycles. The first-order chi connectivity index (χ1) is 7.59. The predicted molar refractivity (Wildman–Crippen MR) is 55.8 cm³/mol. The summed E-state index contributed by atoms with van der Waals surface area (Å²) < 4.78 is 63.5. The Morgan fingerprint density at radius 1 is 1.29 bits per heavy atom. The summed E-state index contributed by atoms with van der Waals surface area (Å²) in [6, 6.07) is 4.37. The van der Waals surface area contributed by atoms with Gasteiger partial charge in [-0.25, -0.2) is 0 Å². The van der Waals surface area contributed by atoms with E-state index in [-0.39, 0.29) is 5.56 Å². The molecule has 1 aromatic rings. The molecule has 7 heteroatoms. The van der Waals surface area contributed by atoms with Crippen molar-refractivity contribution < 1.29 is 25.8 Å². The van der Waals surface area contributed by atoms with Crippen LogP contribution in [0.4, 0.5) is 13.2 Å². The molecule has 1 aromatic carbocycles. The lowest BCUT2D eigenvalue weighted by Gasteiger charge is -2.13. The van der Waals surface area contributed by atoms with E-state index in [1.807, 2.05) is 0 Å². The number of halogens is 3. The Morgan fingerprint density at radius 3 is 2.35 bits per heavy atom. The first-order valence-corrected chi connectivity index (χ1v) is 6.46. The van der Waals surface area contributed by atoms with Crippen molar-refractivity contribution in [2.75, 3.05) is 6.26 Å². The van der Waals surface area contributed by atoms with Gasteiger partial charge >= 0.3 is 6.18 Å². The molecule has 0 unspecified atom stereocenters. The molecule has 1 rings (SSSR count). The standard InChI is InChI=1S/C10H11F3O3S/c1-7(16-17(2,14)15)8-4-3-5-9(6-8)10(11,12)13/h3-7H,1-2H3/t7-/m1/s1. The molecule has 1 atom stereocenters. The predicted octanol–water partition coefficient (Wildman–Crippen LogP) is 2.74. The molecule has 0 N–H and O–H groups in total. The summed E-state index contributed by atoms with van der Waals surface area (Å²) in [4.78, 5) is 0. The van der Waals surface area contributed by atoms with Crippen LogP contribution in [0.2, 0.25) is 0 Å². The zero-order valence-corrected chi connectivity index (χ0v) is 9.97. The van der Waals surface area contributed by atoms with Crippen LogP contribution < -0.4 is 0 Å². The molecule has 0 aliphatic carbocycles. The molecule has 0 aromatic heterocycles. The number of hydrogen-bond donors (Lipinski definition) is 0. The van der Waals surface area contributed by atoms with Crippen LogP contribution in [-0.2, 0) is 20.5 Å². The van der Waals surface area contributed by atoms with E-state index in [1.54, 1.807) is 0 Å². The van der Waals surface area contributed by atoms with Crippen molar-refractivity contribution in [2.24, 2.45) is 0 Å². The van der Waals surface area contributed by atoms with Gasteiger partial charge < -0.3 is 0 Å². The normalized spacial score (nSPS) is 14.6. The van der Waals surface area contributed by atoms with Crippen LogP contribution >= 0.6 is 0 Å². The second-order valence-electron chi connectivity index (χ2n) is 3.57. The third-order valence-corrected chi connectivity index (χ3v) is 2.64. The Bertz CT molecular complexity index is 494. The minimum atomic E-state index is -4.46. The summed E-state index contributed by atoms with van der Waals surface area (Å²) in [7, 11) is -3.70. The molecular weight excluding hydrogens is 257 g/mol. The van der Waals surface area contributed by atoms with Crippen molar-refractivity contribution in [3.05, 3.63) is 35.4 Å². The highest BCUT2D eigenvalue weighted by molar-refractivity contribution is 7.86. The second kappa shape index (κ2) is 4.66. The number of rotatable bonds is 3. The maximum Gasteiger partial charge on any atom is 0.416 e. The summed E-state index contributed by atoms with van der Waals surface area (Å²) in [5.41, 5.74) is -0.677. The van der Waals surface area contributed by atoms with E-state index in [0.717, 1.165) is 18.4 Å². The topological polar surface area (TPSA) is 43.4 Å². The lowest BCUT2D eigenvalue weighted by Crippen LogP contribution is -2.10. The summed E-state index contributed by atoms with van der Waals surface area (Å²) in [5, 5.41) is 0. The maximum atomic E-state index is 12.4. The zero-order valence-electron chi connectivity index (χ0n) is 9.15. The van der Waals surface area contributed by atoms with Crippen LogP contribution in [0.15, 0.2) is 24.3 Å². The van der Waals surface area contributed by atoms with E-state index < -0.39 is 28.0 Å². The molecule has 0 saturated carbocycles. The molecule has 96 valence electrons. The van der Waals surface area contributed by atoms with E-state index in [4.69, 9.17) is 0 Å². The fourth-order valence-electron chi connectivity index (χ4n) is 1.29. The van der Waals surface area contributed by atoms with Crippen molar-refractivity contribution in [3.8, 4) is 0 Å². The molecule has 0 bridgehead atoms. The van der Waals surface area contributed by atoms with E-state index in [2.05, 4.69) is 4.18 Å². The Kier molecular flexibility index (Phi) is 3.83. The molecule has 0 heterocycles. The molecule has 0 aliphatic rings. The highest BCUT2D eigenvalue weighted by atomic mass is 32.2. The highest BCUT2D eigenvalue weighted by Gasteiger charge is 2.30. The molecule has 0 amide bonds. The van der Waals surface area contributed by atoms with Crippen LogP contribution in [0.25, 0.3) is 0 Å². The number of hydrogen-bond acceptors (Lipinski definition) is 3. The van der Waals surface area contributed by atoms with E-state index >= 15 is 0 Å². The van der Waals surface area contributed by atoms with Gasteiger partial charge in [-0.1, -0.05) is 12.1 Å². The molecule has 0 fully saturated rings. The molecule has 3 nitrogen and oxygen atoms in total. The number of benzene rings is 1. The molecule has 0 radical (unpaired) electrons. The highest BCUT2D eigenvalue weighted by Crippen LogP contribution is 2.31. The monoisotopic (exact) mass is 268 g/mol. The van der Waals surface area contributed by atoms with E-state index in [9.17, 15) is 21.6 Å². The van der Waals surface area contributed by atoms with Gasteiger partial charge in [0, 0.05) is 0 Å². The van der Waals surface area contributed by atoms with Gasteiger partial charge in [-0.05, 0) is 24.6 Å². The fraction of sp³-hybridized carbons (Fsp3) is 0.400. The lowest BCUT2D eigenvalue weighted by molar-refractivity contribution is -0.137. The van der Waals surface area contributed by atoms with Gasteiger partial charge in [0.1, 0.15) is 0 Å². The first kappa shape index (κ1) is 14.0. The van der Waals surface area contributed by atoms with E-state index in [1.165, 1.54) is 19.1 Å². The Morgan fingerprint density at radius 2 is 1.88 bits per heavy atom. The van der Waals surface area contributed by atoms with Crippen LogP contribution in [0, 0.1) is 0 Å². The number of alkyl halides is 3. The maximum absolute atomic E-state index is 12.4. The zero-order chi connectivity index (χ0) is 13.3. The van der Waals surface area contributed by atoms with Crippen LogP contribution in [0.1, 0.15) is 24.2 Å². The van der Waals surface area contributed by atoms with Crippen molar-refractivity contribution in [2.45, 2.75) is 19.2 Å². The quantitative estimate of drug-likeness (QED) is 0.792. The van der Waals surface area contributed by atoms with E-state index in [0.29, 0.717) is 0 Å². The Labute approximate surface area is 97.3 Å². The van der Waals surface area contributed by atoms with Gasteiger partial charge in [-0.3, -0.25) is 4.18 Å². The van der Waals surface area contributed by atoms with Crippen LogP contribution in [0.3, 0.4) is 0 Å². The van der Waals surface area contributed by atoms with Gasteiger partial charge in [0.05, 0.1) is 17.9 Å². The summed E-state index contributed by atoms with van der Waals surface area (Å²) in [6.45, 7) is 1.37. The summed E-state index contributed by atoms with van der Waals surface area (Å²) in [6.07, 6.45) is -4.56. The van der Waals surface area contributed by atoms with Crippen molar-refractivity contribution in [3.63, 3.8) is 0 Å². The summed E-state index contributed by atoms with van der Waals surface area (Å²) in [5.74, 6) is 0. The first-order valence-electron chi connectivity index (χ1n) is 4.65. The van der Waals surface area contributed by atoms with Gasteiger partial charge in [-0.15, -0.1) is 0 Å². The fourth-order valence-corrected chi connectivity index (χ4v) is 1.92. The smallest absolute Gasteiger partial charge is 0.262 e. The third-order valence-electron chi connectivity index (χ3n) is 2.00. The minimum absolute atomic E-state index is 0.158. The van der Waals surface area contributed by atoms with Gasteiger partial charge in [0.25, 0.3) is 10.1 Å². The van der Waals surface area contributed by atoms with Gasteiger partial charge in [0.2, 0.25) is 0 Å². The largest absolute Gasteiger partial charge is 0.416 e. The third kappa shape index (κ3) is 4.35. The van der Waals surface area contributed by atoms with Gasteiger partial charge in [0.15, 0.2) is 0 Å². The van der Waals surface area contributed by atoms with Crippen LogP contribution in [0.5, 0.6) is 0 Å². The second-order valence-corrected chi connectivity index (χ2v) is 5.17. The molecule has 0 spiro atoms. The molecule has 17 heavy (non-hydrogen) atoms. The Balaban J connectivity index is 3.00. The minimum Gasteiger partial charge on any atom is -0.262 e. The van der Waals surface area contributed by atoms with Crippen molar-refractivity contribution >= 4 is 10.1 Å². The van der Waals surface area contributed by atoms with Crippen molar-refractivity contribution in [1.82, 2.24) is 0 Å². The molecule has 0 aliphatic heterocycles. The average molecular weight is 268 g/mol. The van der Waals surface area contributed by atoms with Crippen LogP contribution in [-0.4, -0.2) is 14.7 Å².